The van der Waals surface area contributed by atoms with Crippen LogP contribution < -0.4 is 0 Å². The maximum Gasteiger partial charge on any atom is 0.264 e. The number of hydrogen-bond acceptors (Lipinski definition) is 4. The molecular weight excluding hydrogens is 288 g/mol. The highest BCUT2D eigenvalue weighted by Crippen LogP contribution is 2.49. The molecule has 2 rings (SSSR count). The van der Waals surface area contributed by atoms with Crippen LogP contribution in [0.3, 0.4) is 0 Å². The molecular formula is C16H26O4S. The summed E-state index contributed by atoms with van der Waals surface area (Å²) in [5.41, 5.74) is 1.27. The van der Waals surface area contributed by atoms with E-state index in [1.165, 1.54) is 5.56 Å². The number of furan rings is 1. The summed E-state index contributed by atoms with van der Waals surface area (Å²) in [7, 11) is -3.40. The molecule has 1 aliphatic rings. The van der Waals surface area contributed by atoms with Crippen LogP contribution in [0.25, 0.3) is 0 Å². The topological polar surface area (TPSA) is 56.5 Å². The van der Waals surface area contributed by atoms with Gasteiger partial charge in [-0.1, -0.05) is 20.8 Å². The standard InChI is InChI=1S/C16H26O4S/c1-12-5-6-15(20-21(4,17)18)13(2)16(12,3)9-7-14-8-10-19-11-14/h8,10-13,15H,5-7,9H2,1-4H3. The van der Waals surface area contributed by atoms with Crippen LogP contribution in [-0.4, -0.2) is 20.8 Å². The van der Waals surface area contributed by atoms with Crippen molar-refractivity contribution in [3.8, 4) is 0 Å². The van der Waals surface area contributed by atoms with Crippen LogP contribution in [0.2, 0.25) is 0 Å². The zero-order chi connectivity index (χ0) is 15.7. The van der Waals surface area contributed by atoms with Gasteiger partial charge in [0.2, 0.25) is 0 Å². The maximum absolute atomic E-state index is 11.4. The van der Waals surface area contributed by atoms with Crippen molar-refractivity contribution in [1.82, 2.24) is 0 Å². The van der Waals surface area contributed by atoms with Gasteiger partial charge in [-0.15, -0.1) is 0 Å². The molecule has 1 heterocycles. The molecule has 0 spiro atoms. The van der Waals surface area contributed by atoms with E-state index >= 15 is 0 Å². The van der Waals surface area contributed by atoms with Gasteiger partial charge < -0.3 is 4.42 Å². The van der Waals surface area contributed by atoms with Crippen LogP contribution in [0.15, 0.2) is 23.0 Å². The van der Waals surface area contributed by atoms with Crippen molar-refractivity contribution >= 4 is 10.1 Å². The molecule has 0 radical (unpaired) electrons. The van der Waals surface area contributed by atoms with Crippen molar-refractivity contribution in [1.29, 1.82) is 0 Å². The third-order valence-corrected chi connectivity index (χ3v) is 6.04. The highest BCUT2D eigenvalue weighted by atomic mass is 32.2. The zero-order valence-corrected chi connectivity index (χ0v) is 14.2. The van der Waals surface area contributed by atoms with E-state index in [1.807, 2.05) is 6.07 Å². The molecule has 1 aromatic heterocycles. The fourth-order valence-electron chi connectivity index (χ4n) is 3.55. The lowest BCUT2D eigenvalue weighted by molar-refractivity contribution is -0.0314. The van der Waals surface area contributed by atoms with E-state index in [0.29, 0.717) is 5.92 Å². The minimum atomic E-state index is -3.40. The van der Waals surface area contributed by atoms with Gasteiger partial charge in [-0.3, -0.25) is 4.18 Å². The third kappa shape index (κ3) is 3.89. The Balaban J connectivity index is 2.10. The summed E-state index contributed by atoms with van der Waals surface area (Å²) >= 11 is 0. The molecule has 0 aliphatic heterocycles. The number of aryl methyl sites for hydroxylation is 1. The SMILES string of the molecule is CC1CCC(OS(C)(=O)=O)C(C)C1(C)CCc1ccoc1. The number of rotatable bonds is 5. The Morgan fingerprint density at radius 3 is 2.67 bits per heavy atom. The first kappa shape index (κ1) is 16.6. The van der Waals surface area contributed by atoms with Crippen LogP contribution in [0, 0.1) is 17.3 Å². The highest BCUT2D eigenvalue weighted by molar-refractivity contribution is 7.86. The van der Waals surface area contributed by atoms with Crippen LogP contribution in [0.5, 0.6) is 0 Å². The van der Waals surface area contributed by atoms with E-state index in [-0.39, 0.29) is 17.4 Å². The lowest BCUT2D eigenvalue weighted by Gasteiger charge is -2.48. The Bertz CT molecular complexity index is 549. The Morgan fingerprint density at radius 2 is 2.10 bits per heavy atom. The lowest BCUT2D eigenvalue weighted by atomic mass is 9.59. The van der Waals surface area contributed by atoms with E-state index in [0.717, 1.165) is 31.9 Å². The molecule has 1 saturated carbocycles. The molecule has 4 atom stereocenters. The van der Waals surface area contributed by atoms with Gasteiger partial charge in [0, 0.05) is 0 Å². The quantitative estimate of drug-likeness (QED) is 0.779. The first-order chi connectivity index (χ1) is 9.72. The van der Waals surface area contributed by atoms with Gasteiger partial charge in [-0.05, 0) is 54.6 Å². The molecule has 1 aliphatic carbocycles. The molecule has 5 heteroatoms. The van der Waals surface area contributed by atoms with Crippen molar-refractivity contribution in [2.45, 2.75) is 52.6 Å². The molecule has 0 saturated heterocycles. The summed E-state index contributed by atoms with van der Waals surface area (Å²) in [6.07, 6.45) is 8.20. The van der Waals surface area contributed by atoms with E-state index in [4.69, 9.17) is 8.60 Å². The lowest BCUT2D eigenvalue weighted by Crippen LogP contribution is -2.45. The van der Waals surface area contributed by atoms with Crippen LogP contribution in [-0.2, 0) is 20.7 Å². The van der Waals surface area contributed by atoms with E-state index < -0.39 is 10.1 Å². The fraction of sp³-hybridized carbons (Fsp3) is 0.750. The van der Waals surface area contributed by atoms with Crippen molar-refractivity contribution < 1.29 is 17.0 Å². The predicted molar refractivity (Wildman–Crippen MR) is 82.4 cm³/mol. The summed E-state index contributed by atoms with van der Waals surface area (Å²) in [6, 6.07) is 1.99. The molecule has 21 heavy (non-hydrogen) atoms. The van der Waals surface area contributed by atoms with E-state index in [9.17, 15) is 8.42 Å². The maximum atomic E-state index is 11.4. The average Bonchev–Trinajstić information content (AvgIpc) is 2.90. The summed E-state index contributed by atoms with van der Waals surface area (Å²) in [6.45, 7) is 6.66. The first-order valence-electron chi connectivity index (χ1n) is 7.62. The van der Waals surface area contributed by atoms with E-state index in [2.05, 4.69) is 20.8 Å². The van der Waals surface area contributed by atoms with Crippen LogP contribution in [0.1, 0.15) is 45.6 Å². The fourth-order valence-corrected chi connectivity index (χ4v) is 4.26. The summed E-state index contributed by atoms with van der Waals surface area (Å²) in [5.74, 6) is 0.765. The Labute approximate surface area is 128 Å². The summed E-state index contributed by atoms with van der Waals surface area (Å²) in [5, 5.41) is 0. The molecule has 4 nitrogen and oxygen atoms in total. The van der Waals surface area contributed by atoms with Crippen molar-refractivity contribution in [2.75, 3.05) is 6.26 Å². The molecule has 1 fully saturated rings. The minimum Gasteiger partial charge on any atom is -0.472 e. The Kier molecular flexibility index (Phi) is 4.83. The molecule has 0 amide bonds. The van der Waals surface area contributed by atoms with Crippen LogP contribution >= 0.6 is 0 Å². The summed E-state index contributed by atoms with van der Waals surface area (Å²) < 4.78 is 33.3. The van der Waals surface area contributed by atoms with Crippen molar-refractivity contribution in [2.24, 2.45) is 17.3 Å². The van der Waals surface area contributed by atoms with Gasteiger partial charge in [0.15, 0.2) is 0 Å². The van der Waals surface area contributed by atoms with Gasteiger partial charge >= 0.3 is 0 Å². The smallest absolute Gasteiger partial charge is 0.264 e. The molecule has 4 unspecified atom stereocenters. The molecule has 1 aromatic rings. The molecule has 0 bridgehead atoms. The third-order valence-electron chi connectivity index (χ3n) is 5.44. The largest absolute Gasteiger partial charge is 0.472 e. The van der Waals surface area contributed by atoms with Crippen molar-refractivity contribution in [3.05, 3.63) is 24.2 Å². The average molecular weight is 314 g/mol. The molecule has 0 aromatic carbocycles. The van der Waals surface area contributed by atoms with Gasteiger partial charge in [0.05, 0.1) is 24.9 Å². The van der Waals surface area contributed by atoms with Crippen molar-refractivity contribution in [3.63, 3.8) is 0 Å². The van der Waals surface area contributed by atoms with Gasteiger partial charge in [0.1, 0.15) is 0 Å². The van der Waals surface area contributed by atoms with Crippen LogP contribution in [0.4, 0.5) is 0 Å². The van der Waals surface area contributed by atoms with Gasteiger partial charge in [-0.25, -0.2) is 0 Å². The van der Waals surface area contributed by atoms with Gasteiger partial charge in [0.25, 0.3) is 10.1 Å². The van der Waals surface area contributed by atoms with E-state index in [1.54, 1.807) is 12.5 Å². The first-order valence-corrected chi connectivity index (χ1v) is 9.43. The Hall–Kier alpha value is -0.810. The van der Waals surface area contributed by atoms with Gasteiger partial charge in [-0.2, -0.15) is 8.42 Å². The number of hydrogen-bond donors (Lipinski definition) is 0. The zero-order valence-electron chi connectivity index (χ0n) is 13.3. The monoisotopic (exact) mass is 314 g/mol. The second-order valence-electron chi connectivity index (χ2n) is 6.74. The molecule has 120 valence electrons. The highest BCUT2D eigenvalue weighted by Gasteiger charge is 2.45. The predicted octanol–water partition coefficient (Wildman–Crippen LogP) is 3.63. The Morgan fingerprint density at radius 1 is 1.38 bits per heavy atom. The normalized spacial score (nSPS) is 34.0. The second kappa shape index (κ2) is 6.13. The molecule has 0 N–H and O–H groups in total. The minimum absolute atomic E-state index is 0.0743. The second-order valence-corrected chi connectivity index (χ2v) is 8.34. The summed E-state index contributed by atoms with van der Waals surface area (Å²) in [4.78, 5) is 0.